The van der Waals surface area contributed by atoms with Gasteiger partial charge in [-0.05, 0) is 44.1 Å². The number of anilines is 2. The average molecular weight is 461 g/mol. The number of ether oxygens (including phenoxy) is 2. The maximum atomic E-state index is 14.7. The number of hydrogen-bond donors (Lipinski definition) is 2. The van der Waals surface area contributed by atoms with Gasteiger partial charge in [-0.25, -0.2) is 9.24 Å². The van der Waals surface area contributed by atoms with E-state index in [0.29, 0.717) is 28.1 Å². The van der Waals surface area contributed by atoms with E-state index in [1.165, 1.54) is 18.3 Å². The third kappa shape index (κ3) is 4.33. The molecule has 1 aliphatic heterocycles. The number of hydrogen-bond acceptors (Lipinski definition) is 5. The van der Waals surface area contributed by atoms with E-state index < -0.39 is 5.82 Å². The number of halogens is 3. The van der Waals surface area contributed by atoms with Gasteiger partial charge >= 0.3 is 0 Å². The molecule has 2 N–H and O–H groups in total. The van der Waals surface area contributed by atoms with Crippen molar-refractivity contribution in [3.8, 4) is 11.5 Å². The van der Waals surface area contributed by atoms with Crippen LogP contribution in [0.3, 0.4) is 0 Å². The van der Waals surface area contributed by atoms with Crippen LogP contribution in [0.2, 0.25) is 10.0 Å². The first-order valence-electron chi connectivity index (χ1n) is 9.68. The van der Waals surface area contributed by atoms with Crippen molar-refractivity contribution in [3.63, 3.8) is 0 Å². The van der Waals surface area contributed by atoms with Crippen LogP contribution in [0.5, 0.6) is 11.5 Å². The molecule has 2 aromatic carbocycles. The van der Waals surface area contributed by atoms with Crippen LogP contribution in [0.4, 0.5) is 21.5 Å². The Labute approximate surface area is 189 Å². The molecular formula is C22H19Cl2FN4O2. The van der Waals surface area contributed by atoms with Gasteiger partial charge in [0.2, 0.25) is 5.69 Å². The number of nitrogens with zero attached hydrogens (tertiary/aromatic N) is 2. The number of nitrogens with one attached hydrogen (secondary N) is 2. The average Bonchev–Trinajstić information content (AvgIpc) is 2.79. The Morgan fingerprint density at radius 3 is 2.71 bits per heavy atom. The smallest absolute Gasteiger partial charge is 0.228 e. The highest BCUT2D eigenvalue weighted by molar-refractivity contribution is 6.42. The topological polar surface area (TPSA) is 59.8 Å². The third-order valence-electron chi connectivity index (χ3n) is 5.13. The van der Waals surface area contributed by atoms with E-state index in [2.05, 4.69) is 20.5 Å². The van der Waals surface area contributed by atoms with Gasteiger partial charge in [-0.1, -0.05) is 23.2 Å². The van der Waals surface area contributed by atoms with Crippen LogP contribution in [-0.4, -0.2) is 31.3 Å². The summed E-state index contributed by atoms with van der Waals surface area (Å²) in [5, 5.41) is 6.82. The second-order valence-electron chi connectivity index (χ2n) is 7.07. The number of benzene rings is 2. The largest absolute Gasteiger partial charge is 0.493 e. The van der Waals surface area contributed by atoms with Crippen molar-refractivity contribution >= 4 is 51.2 Å². The quantitative estimate of drug-likeness (QED) is 0.355. The predicted octanol–water partition coefficient (Wildman–Crippen LogP) is 6.11. The molecule has 4 rings (SSSR count). The Kier molecular flexibility index (Phi) is 6.33. The zero-order valence-corrected chi connectivity index (χ0v) is 18.1. The van der Waals surface area contributed by atoms with E-state index in [-0.39, 0.29) is 27.5 Å². The molecule has 0 radical (unpaired) electrons. The first-order valence-corrected chi connectivity index (χ1v) is 10.4. The zero-order valence-electron chi connectivity index (χ0n) is 16.6. The Balaban J connectivity index is 1.82. The molecule has 160 valence electrons. The lowest BCUT2D eigenvalue weighted by atomic mass is 10.1. The molecule has 1 aromatic heterocycles. The molecule has 1 aliphatic rings. The summed E-state index contributed by atoms with van der Waals surface area (Å²) in [7, 11) is 1.56. The summed E-state index contributed by atoms with van der Waals surface area (Å²) in [5.41, 5.74) is 1.30. The van der Waals surface area contributed by atoms with Crippen LogP contribution in [0.25, 0.3) is 15.7 Å². The Bertz CT molecular complexity index is 1180. The molecule has 6 nitrogen and oxygen atoms in total. The van der Waals surface area contributed by atoms with Gasteiger partial charge in [0.25, 0.3) is 0 Å². The molecule has 31 heavy (non-hydrogen) atoms. The number of aromatic nitrogens is 1. The summed E-state index contributed by atoms with van der Waals surface area (Å²) in [6, 6.07) is 6.48. The van der Waals surface area contributed by atoms with Gasteiger partial charge < -0.3 is 20.1 Å². The standard InChI is InChI=1S/C22H19Cl2FN4O2/c1-26-17-11-28-16-10-18(30-2)19(31-12-5-7-27-8-6-12)9-13(16)22(17)29-15-4-3-14(23)20(24)21(15)25/h3-4,9-12,27H,5-8H2,2H3,(H,28,29). The molecule has 0 unspecified atom stereocenters. The highest BCUT2D eigenvalue weighted by Crippen LogP contribution is 2.42. The highest BCUT2D eigenvalue weighted by Gasteiger charge is 2.20. The van der Waals surface area contributed by atoms with Gasteiger partial charge in [-0.15, -0.1) is 0 Å². The molecule has 1 fully saturated rings. The molecule has 0 spiro atoms. The minimum absolute atomic E-state index is 0.0496. The number of pyridine rings is 1. The van der Waals surface area contributed by atoms with Crippen molar-refractivity contribution in [2.45, 2.75) is 18.9 Å². The Morgan fingerprint density at radius 2 is 2.00 bits per heavy atom. The van der Waals surface area contributed by atoms with E-state index in [0.717, 1.165) is 25.9 Å². The van der Waals surface area contributed by atoms with Crippen molar-refractivity contribution in [1.82, 2.24) is 10.3 Å². The van der Waals surface area contributed by atoms with E-state index >= 15 is 0 Å². The summed E-state index contributed by atoms with van der Waals surface area (Å²) in [6.45, 7) is 9.30. The minimum atomic E-state index is -0.699. The second-order valence-corrected chi connectivity index (χ2v) is 7.85. The first kappa shape index (κ1) is 21.4. The number of fused-ring (bicyclic) bond motifs is 1. The van der Waals surface area contributed by atoms with Crippen molar-refractivity contribution < 1.29 is 13.9 Å². The molecule has 0 bridgehead atoms. The first-order chi connectivity index (χ1) is 15.0. The molecule has 0 saturated carbocycles. The lowest BCUT2D eigenvalue weighted by Gasteiger charge is -2.25. The third-order valence-corrected chi connectivity index (χ3v) is 5.91. The molecule has 9 heteroatoms. The maximum Gasteiger partial charge on any atom is 0.228 e. The minimum Gasteiger partial charge on any atom is -0.493 e. The van der Waals surface area contributed by atoms with Crippen molar-refractivity contribution in [3.05, 3.63) is 57.7 Å². The monoisotopic (exact) mass is 460 g/mol. The van der Waals surface area contributed by atoms with Crippen molar-refractivity contribution in [1.29, 1.82) is 0 Å². The summed E-state index contributed by atoms with van der Waals surface area (Å²) >= 11 is 11.8. The van der Waals surface area contributed by atoms with Gasteiger partial charge in [0.15, 0.2) is 17.3 Å². The molecule has 3 aromatic rings. The lowest BCUT2D eigenvalue weighted by molar-refractivity contribution is 0.157. The van der Waals surface area contributed by atoms with Gasteiger partial charge in [0.05, 0.1) is 40.6 Å². The molecule has 0 aliphatic carbocycles. The summed E-state index contributed by atoms with van der Waals surface area (Å²) < 4.78 is 26.4. The van der Waals surface area contributed by atoms with Gasteiger partial charge in [-0.3, -0.25) is 4.98 Å². The number of rotatable bonds is 5. The van der Waals surface area contributed by atoms with Crippen LogP contribution in [-0.2, 0) is 0 Å². The summed E-state index contributed by atoms with van der Waals surface area (Å²) in [4.78, 5) is 7.90. The van der Waals surface area contributed by atoms with Crippen molar-refractivity contribution in [2.24, 2.45) is 0 Å². The molecular weight excluding hydrogens is 442 g/mol. The SMILES string of the molecule is [C-]#[N+]c1cnc2cc(OC)c(OC3CCNCC3)cc2c1Nc1ccc(Cl)c(Cl)c1F. The molecule has 1 saturated heterocycles. The molecule has 0 atom stereocenters. The van der Waals surface area contributed by atoms with Gasteiger partial charge in [0.1, 0.15) is 6.10 Å². The highest BCUT2D eigenvalue weighted by atomic mass is 35.5. The molecule has 2 heterocycles. The Hall–Kier alpha value is -2.79. The van der Waals surface area contributed by atoms with Gasteiger partial charge in [-0.2, -0.15) is 0 Å². The Morgan fingerprint density at radius 1 is 1.23 bits per heavy atom. The lowest BCUT2D eigenvalue weighted by Crippen LogP contribution is -2.34. The summed E-state index contributed by atoms with van der Waals surface area (Å²) in [5.74, 6) is 0.388. The van der Waals surface area contributed by atoms with E-state index in [4.69, 9.17) is 39.2 Å². The van der Waals surface area contributed by atoms with Crippen LogP contribution in [0.1, 0.15) is 12.8 Å². The normalized spacial score (nSPS) is 14.3. The summed E-state index contributed by atoms with van der Waals surface area (Å²) in [6.07, 6.45) is 3.23. The second kappa shape index (κ2) is 9.15. The van der Waals surface area contributed by atoms with Crippen LogP contribution < -0.4 is 20.1 Å². The van der Waals surface area contributed by atoms with Gasteiger partial charge in [0, 0.05) is 17.6 Å². The van der Waals surface area contributed by atoms with E-state index in [1.54, 1.807) is 19.2 Å². The maximum absolute atomic E-state index is 14.7. The fourth-order valence-electron chi connectivity index (χ4n) is 3.51. The zero-order chi connectivity index (χ0) is 22.0. The fourth-order valence-corrected chi connectivity index (χ4v) is 3.82. The van der Waals surface area contributed by atoms with Crippen molar-refractivity contribution in [2.75, 3.05) is 25.5 Å². The fraction of sp³-hybridized carbons (Fsp3) is 0.273. The number of methoxy groups -OCH3 is 1. The number of piperidine rings is 1. The predicted molar refractivity (Wildman–Crippen MR) is 121 cm³/mol. The van der Waals surface area contributed by atoms with Crippen LogP contribution in [0, 0.1) is 12.4 Å². The van der Waals surface area contributed by atoms with E-state index in [9.17, 15) is 4.39 Å². The van der Waals surface area contributed by atoms with Crippen LogP contribution in [0.15, 0.2) is 30.5 Å². The molecule has 0 amide bonds. The van der Waals surface area contributed by atoms with Crippen LogP contribution >= 0.6 is 23.2 Å². The van der Waals surface area contributed by atoms with E-state index in [1.807, 2.05) is 0 Å².